The van der Waals surface area contributed by atoms with Crippen molar-refractivity contribution in [2.75, 3.05) is 0 Å². The molecule has 4 atom stereocenters. The van der Waals surface area contributed by atoms with Crippen molar-refractivity contribution in [1.82, 2.24) is 13.9 Å². The molecule has 0 unspecified atom stereocenters. The quantitative estimate of drug-likeness (QED) is 0.738. The molecule has 6 rings (SSSR count). The van der Waals surface area contributed by atoms with E-state index in [0.717, 1.165) is 0 Å². The Kier molecular flexibility index (Phi) is 1.88. The maximum atomic E-state index is 12.7. The Bertz CT molecular complexity index is 860. The van der Waals surface area contributed by atoms with Crippen molar-refractivity contribution in [3.63, 3.8) is 0 Å². The SMILES string of the molecule is O=c1n(-c2ccccc2)c(=O)n2n1[C@H]1C=C[C@H]2[C@@H]2C=C[C@H]21. The second kappa shape index (κ2) is 3.55. The van der Waals surface area contributed by atoms with Crippen LogP contribution in [0.15, 0.2) is 64.2 Å². The molecular formula is C16H13N3O2. The molecule has 3 heterocycles. The highest BCUT2D eigenvalue weighted by molar-refractivity contribution is 5.33. The Morgan fingerprint density at radius 3 is 1.71 bits per heavy atom. The van der Waals surface area contributed by atoms with E-state index in [1.54, 1.807) is 21.5 Å². The van der Waals surface area contributed by atoms with Crippen LogP contribution in [0.2, 0.25) is 0 Å². The summed E-state index contributed by atoms with van der Waals surface area (Å²) in [5.41, 5.74) is 0.134. The molecule has 2 aliphatic carbocycles. The summed E-state index contributed by atoms with van der Waals surface area (Å²) in [6.07, 6.45) is 8.41. The third kappa shape index (κ3) is 1.18. The smallest absolute Gasteiger partial charge is 0.245 e. The second-order valence-electron chi connectivity index (χ2n) is 5.83. The van der Waals surface area contributed by atoms with Crippen LogP contribution in [-0.2, 0) is 0 Å². The highest BCUT2D eigenvalue weighted by Gasteiger charge is 2.47. The van der Waals surface area contributed by atoms with Gasteiger partial charge in [-0.1, -0.05) is 42.5 Å². The highest BCUT2D eigenvalue weighted by Crippen LogP contribution is 2.49. The van der Waals surface area contributed by atoms with E-state index in [9.17, 15) is 9.59 Å². The van der Waals surface area contributed by atoms with Gasteiger partial charge in [0.15, 0.2) is 0 Å². The second-order valence-corrected chi connectivity index (χ2v) is 5.83. The molecular weight excluding hydrogens is 266 g/mol. The van der Waals surface area contributed by atoms with Crippen LogP contribution in [0.1, 0.15) is 12.1 Å². The first kappa shape index (κ1) is 11.1. The van der Waals surface area contributed by atoms with Crippen molar-refractivity contribution >= 4 is 0 Å². The molecule has 2 aromatic rings. The number of nitrogens with zero attached hydrogens (tertiary/aromatic N) is 3. The summed E-state index contributed by atoms with van der Waals surface area (Å²) in [5, 5.41) is 0. The van der Waals surface area contributed by atoms with Crippen molar-refractivity contribution < 1.29 is 0 Å². The topological polar surface area (TPSA) is 48.9 Å². The highest BCUT2D eigenvalue weighted by atomic mass is 16.2. The molecule has 5 heteroatoms. The molecule has 2 bridgehead atoms. The maximum absolute atomic E-state index is 12.7. The normalized spacial score (nSPS) is 30.9. The number of allylic oxidation sites excluding steroid dienone is 4. The molecule has 5 nitrogen and oxygen atoms in total. The number of aromatic nitrogens is 3. The fourth-order valence-electron chi connectivity index (χ4n) is 3.84. The van der Waals surface area contributed by atoms with Gasteiger partial charge in [0, 0.05) is 11.8 Å². The Hall–Kier alpha value is -2.56. The largest absolute Gasteiger partial charge is 0.352 e. The molecule has 1 aromatic heterocycles. The molecule has 0 saturated carbocycles. The monoisotopic (exact) mass is 279 g/mol. The van der Waals surface area contributed by atoms with E-state index >= 15 is 0 Å². The summed E-state index contributed by atoms with van der Waals surface area (Å²) in [6.45, 7) is 0. The Labute approximate surface area is 120 Å². The van der Waals surface area contributed by atoms with Gasteiger partial charge in [0.05, 0.1) is 17.8 Å². The number of para-hydroxylation sites is 1. The first-order valence-electron chi connectivity index (χ1n) is 7.15. The molecule has 0 spiro atoms. The minimum absolute atomic E-state index is 0.0323. The summed E-state index contributed by atoms with van der Waals surface area (Å²) in [6, 6.07) is 9.05. The summed E-state index contributed by atoms with van der Waals surface area (Å²) in [5.74, 6) is 0.701. The van der Waals surface area contributed by atoms with Crippen LogP contribution in [0.4, 0.5) is 0 Å². The van der Waals surface area contributed by atoms with E-state index in [2.05, 4.69) is 24.3 Å². The molecule has 0 radical (unpaired) electrons. The van der Waals surface area contributed by atoms with Crippen LogP contribution >= 0.6 is 0 Å². The average molecular weight is 279 g/mol. The van der Waals surface area contributed by atoms with Crippen LogP contribution in [0, 0.1) is 11.8 Å². The standard InChI is InChI=1S/C16H13N3O2/c20-15-17(10-4-2-1-3-5-10)16(21)19-14-9-8-13(18(15)19)11-6-7-12(11)14/h1-9,11-14H/t11-,12-,13+,14+/m1/s1. The van der Waals surface area contributed by atoms with Gasteiger partial charge in [-0.3, -0.25) is 0 Å². The van der Waals surface area contributed by atoms with Gasteiger partial charge >= 0.3 is 11.4 Å². The number of hydrogen-bond donors (Lipinski definition) is 0. The van der Waals surface area contributed by atoms with Gasteiger partial charge in [0.1, 0.15) is 0 Å². The Morgan fingerprint density at radius 1 is 0.714 bits per heavy atom. The average Bonchev–Trinajstić information content (AvgIpc) is 2.73. The molecule has 0 saturated heterocycles. The maximum Gasteiger partial charge on any atom is 0.352 e. The predicted octanol–water partition coefficient (Wildman–Crippen LogP) is 1.27. The van der Waals surface area contributed by atoms with Gasteiger partial charge in [-0.05, 0) is 12.1 Å². The minimum Gasteiger partial charge on any atom is -0.245 e. The lowest BCUT2D eigenvalue weighted by Crippen LogP contribution is -2.50. The zero-order valence-electron chi connectivity index (χ0n) is 11.2. The van der Waals surface area contributed by atoms with Crippen molar-refractivity contribution in [1.29, 1.82) is 0 Å². The first-order valence-corrected chi connectivity index (χ1v) is 7.15. The van der Waals surface area contributed by atoms with E-state index in [1.807, 2.05) is 18.2 Å². The van der Waals surface area contributed by atoms with Crippen LogP contribution in [0.25, 0.3) is 5.69 Å². The van der Waals surface area contributed by atoms with Crippen LogP contribution < -0.4 is 11.4 Å². The van der Waals surface area contributed by atoms with Crippen molar-refractivity contribution in [3.8, 4) is 5.69 Å². The molecule has 21 heavy (non-hydrogen) atoms. The number of hydrogen-bond acceptors (Lipinski definition) is 2. The van der Waals surface area contributed by atoms with Gasteiger partial charge in [0.25, 0.3) is 0 Å². The molecule has 104 valence electrons. The lowest BCUT2D eigenvalue weighted by Gasteiger charge is -2.47. The number of benzene rings is 1. The van der Waals surface area contributed by atoms with Gasteiger partial charge in [0.2, 0.25) is 0 Å². The van der Waals surface area contributed by atoms with Crippen molar-refractivity contribution in [2.45, 2.75) is 12.1 Å². The summed E-state index contributed by atoms with van der Waals surface area (Å²) in [7, 11) is 0. The molecule has 0 N–H and O–H groups in total. The van der Waals surface area contributed by atoms with Gasteiger partial charge in [-0.15, -0.1) is 0 Å². The summed E-state index contributed by atoms with van der Waals surface area (Å²) in [4.78, 5) is 25.5. The fraction of sp³-hybridized carbons (Fsp3) is 0.250. The molecule has 0 fully saturated rings. The Balaban J connectivity index is 1.83. The van der Waals surface area contributed by atoms with Gasteiger partial charge in [-0.2, -0.15) is 0 Å². The molecule has 4 aliphatic rings. The summed E-state index contributed by atoms with van der Waals surface area (Å²) >= 11 is 0. The lowest BCUT2D eigenvalue weighted by molar-refractivity contribution is 0.138. The minimum atomic E-state index is -0.246. The van der Waals surface area contributed by atoms with E-state index in [0.29, 0.717) is 17.5 Å². The third-order valence-corrected chi connectivity index (χ3v) is 4.88. The van der Waals surface area contributed by atoms with E-state index in [1.165, 1.54) is 4.57 Å². The predicted molar refractivity (Wildman–Crippen MR) is 77.6 cm³/mol. The van der Waals surface area contributed by atoms with Crippen LogP contribution in [0.5, 0.6) is 0 Å². The lowest BCUT2D eigenvalue weighted by atomic mass is 9.68. The van der Waals surface area contributed by atoms with Crippen molar-refractivity contribution in [2.24, 2.45) is 11.8 Å². The van der Waals surface area contributed by atoms with Gasteiger partial charge < -0.3 is 0 Å². The molecule has 1 aromatic carbocycles. The molecule has 2 aliphatic heterocycles. The summed E-state index contributed by atoms with van der Waals surface area (Å²) < 4.78 is 4.53. The van der Waals surface area contributed by atoms with Crippen molar-refractivity contribution in [3.05, 3.63) is 75.6 Å². The zero-order valence-corrected chi connectivity index (χ0v) is 11.2. The fourth-order valence-corrected chi connectivity index (χ4v) is 3.84. The van der Waals surface area contributed by atoms with E-state index < -0.39 is 0 Å². The van der Waals surface area contributed by atoms with E-state index in [-0.39, 0.29) is 23.5 Å². The van der Waals surface area contributed by atoms with Gasteiger partial charge in [-0.25, -0.2) is 23.5 Å². The Morgan fingerprint density at radius 2 is 1.24 bits per heavy atom. The zero-order chi connectivity index (χ0) is 14.1. The number of rotatable bonds is 1. The first-order chi connectivity index (χ1) is 10.3. The van der Waals surface area contributed by atoms with Crippen LogP contribution in [-0.4, -0.2) is 13.9 Å². The van der Waals surface area contributed by atoms with E-state index in [4.69, 9.17) is 0 Å². The third-order valence-electron chi connectivity index (χ3n) is 4.88. The molecule has 0 amide bonds. The van der Waals surface area contributed by atoms with Crippen LogP contribution in [0.3, 0.4) is 0 Å².